The van der Waals surface area contributed by atoms with Crippen LogP contribution in [0.15, 0.2) is 69.1 Å². The molecule has 0 aliphatic carbocycles. The summed E-state index contributed by atoms with van der Waals surface area (Å²) in [6, 6.07) is 12.4. The number of methoxy groups -OCH3 is 1. The van der Waals surface area contributed by atoms with Gasteiger partial charge in [-0.05, 0) is 59.8 Å². The van der Waals surface area contributed by atoms with E-state index in [1.165, 1.54) is 43.5 Å². The number of benzene rings is 2. The molecule has 0 spiro atoms. The number of aryl methyl sites for hydroxylation is 1. The number of nitrogens with one attached hydrogen (secondary N) is 1. The van der Waals surface area contributed by atoms with Gasteiger partial charge >= 0.3 is 0 Å². The molecule has 0 aliphatic heterocycles. The highest BCUT2D eigenvalue weighted by atomic mass is 32.2. The van der Waals surface area contributed by atoms with E-state index in [0.29, 0.717) is 16.9 Å². The van der Waals surface area contributed by atoms with Crippen molar-refractivity contribution in [1.29, 1.82) is 0 Å². The van der Waals surface area contributed by atoms with Gasteiger partial charge in [-0.25, -0.2) is 25.9 Å². The van der Waals surface area contributed by atoms with Crippen LogP contribution in [0.1, 0.15) is 16.4 Å². The standard InChI is InChI=1S/C20H20FNO5S3/c1-14-12-17(9-10-18(14)27-2)30(25,26)22-13-19(15-5-7-16(21)8-6-15)29(23,24)20-4-3-11-28-20/h3-12,19,22H,13H2,1-2H3. The minimum Gasteiger partial charge on any atom is -0.496 e. The number of hydrogen-bond acceptors (Lipinski definition) is 6. The van der Waals surface area contributed by atoms with Crippen molar-refractivity contribution in [2.24, 2.45) is 0 Å². The molecule has 1 aromatic heterocycles. The average molecular weight is 470 g/mol. The van der Waals surface area contributed by atoms with Gasteiger partial charge in [0.2, 0.25) is 10.0 Å². The fourth-order valence-electron chi connectivity index (χ4n) is 2.94. The Morgan fingerprint density at radius 1 is 1.07 bits per heavy atom. The summed E-state index contributed by atoms with van der Waals surface area (Å²) in [7, 11) is -6.40. The van der Waals surface area contributed by atoms with Gasteiger partial charge in [0.05, 0.1) is 12.0 Å². The van der Waals surface area contributed by atoms with Gasteiger partial charge < -0.3 is 4.74 Å². The average Bonchev–Trinajstić information content (AvgIpc) is 3.25. The molecule has 3 rings (SSSR count). The molecule has 1 N–H and O–H groups in total. The summed E-state index contributed by atoms with van der Waals surface area (Å²) in [4.78, 5) is -0.00724. The van der Waals surface area contributed by atoms with E-state index in [9.17, 15) is 21.2 Å². The van der Waals surface area contributed by atoms with E-state index in [0.717, 1.165) is 23.5 Å². The van der Waals surface area contributed by atoms with Crippen LogP contribution in [-0.4, -0.2) is 30.5 Å². The zero-order chi connectivity index (χ0) is 21.9. The van der Waals surface area contributed by atoms with E-state index in [2.05, 4.69) is 4.72 Å². The molecule has 0 radical (unpaired) electrons. The predicted molar refractivity (Wildman–Crippen MR) is 114 cm³/mol. The largest absolute Gasteiger partial charge is 0.496 e. The van der Waals surface area contributed by atoms with Crippen molar-refractivity contribution in [3.63, 3.8) is 0 Å². The van der Waals surface area contributed by atoms with Gasteiger partial charge in [0.15, 0.2) is 9.84 Å². The highest BCUT2D eigenvalue weighted by Crippen LogP contribution is 2.32. The second kappa shape index (κ2) is 8.84. The molecule has 0 bridgehead atoms. The fourth-order valence-corrected chi connectivity index (χ4v) is 7.04. The van der Waals surface area contributed by atoms with E-state index in [4.69, 9.17) is 4.74 Å². The zero-order valence-electron chi connectivity index (χ0n) is 16.2. The van der Waals surface area contributed by atoms with Crippen LogP contribution in [0.2, 0.25) is 0 Å². The Kier molecular flexibility index (Phi) is 6.61. The van der Waals surface area contributed by atoms with Crippen LogP contribution in [0.25, 0.3) is 0 Å². The summed E-state index contributed by atoms with van der Waals surface area (Å²) in [5.74, 6) is 0.0266. The van der Waals surface area contributed by atoms with Gasteiger partial charge in [0, 0.05) is 6.54 Å². The number of sulfone groups is 1. The number of rotatable bonds is 8. The van der Waals surface area contributed by atoms with Crippen molar-refractivity contribution in [3.8, 4) is 5.75 Å². The lowest BCUT2D eigenvalue weighted by Crippen LogP contribution is -2.32. The highest BCUT2D eigenvalue weighted by molar-refractivity contribution is 7.93. The van der Waals surface area contributed by atoms with Crippen molar-refractivity contribution in [2.45, 2.75) is 21.3 Å². The summed E-state index contributed by atoms with van der Waals surface area (Å²) in [6.07, 6.45) is 0. The normalized spacial score (nSPS) is 13.2. The number of hydrogen-bond donors (Lipinski definition) is 1. The summed E-state index contributed by atoms with van der Waals surface area (Å²) >= 11 is 1.04. The highest BCUT2D eigenvalue weighted by Gasteiger charge is 2.31. The summed E-state index contributed by atoms with van der Waals surface area (Å²) < 4.78 is 72.8. The van der Waals surface area contributed by atoms with Crippen molar-refractivity contribution in [2.75, 3.05) is 13.7 Å². The molecule has 1 heterocycles. The Morgan fingerprint density at radius 3 is 2.33 bits per heavy atom. The van der Waals surface area contributed by atoms with E-state index < -0.39 is 37.5 Å². The third kappa shape index (κ3) is 4.72. The first-order valence-corrected chi connectivity index (χ1v) is 12.7. The molecule has 6 nitrogen and oxygen atoms in total. The lowest BCUT2D eigenvalue weighted by Gasteiger charge is -2.18. The van der Waals surface area contributed by atoms with Gasteiger partial charge in [-0.2, -0.15) is 0 Å². The zero-order valence-corrected chi connectivity index (χ0v) is 18.7. The molecule has 160 valence electrons. The predicted octanol–water partition coefficient (Wildman–Crippen LogP) is 3.70. The van der Waals surface area contributed by atoms with Crippen LogP contribution >= 0.6 is 11.3 Å². The van der Waals surface area contributed by atoms with Crippen molar-refractivity contribution in [3.05, 3.63) is 76.9 Å². The molecular formula is C20H20FNO5S3. The molecule has 10 heteroatoms. The van der Waals surface area contributed by atoms with E-state index >= 15 is 0 Å². The Labute approximate surface area is 179 Å². The van der Waals surface area contributed by atoms with Crippen LogP contribution in [0.4, 0.5) is 4.39 Å². The van der Waals surface area contributed by atoms with Gasteiger partial charge in [-0.3, -0.25) is 0 Å². The molecule has 0 saturated carbocycles. The minimum absolute atomic E-state index is 0.00724. The van der Waals surface area contributed by atoms with Crippen molar-refractivity contribution < 1.29 is 26.0 Å². The molecule has 0 amide bonds. The maximum atomic E-state index is 13.3. The maximum absolute atomic E-state index is 13.3. The second-order valence-electron chi connectivity index (χ2n) is 6.50. The third-order valence-corrected chi connectivity index (χ3v) is 9.48. The van der Waals surface area contributed by atoms with Crippen LogP contribution in [-0.2, 0) is 19.9 Å². The Bertz CT molecular complexity index is 1220. The summed E-state index contributed by atoms with van der Waals surface area (Å²) in [6.45, 7) is 1.31. The molecule has 0 aliphatic rings. The van der Waals surface area contributed by atoms with E-state index in [1.54, 1.807) is 18.4 Å². The second-order valence-corrected chi connectivity index (χ2v) is 11.6. The quantitative estimate of drug-likeness (QED) is 0.543. The number of ether oxygens (including phenoxy) is 1. The van der Waals surface area contributed by atoms with E-state index in [-0.39, 0.29) is 9.10 Å². The molecule has 1 atom stereocenters. The number of halogens is 1. The fraction of sp³-hybridized carbons (Fsp3) is 0.200. The first-order valence-electron chi connectivity index (χ1n) is 8.82. The van der Waals surface area contributed by atoms with Gasteiger partial charge in [-0.15, -0.1) is 11.3 Å². The lowest BCUT2D eigenvalue weighted by atomic mass is 10.1. The molecule has 0 saturated heterocycles. The van der Waals surface area contributed by atoms with Gasteiger partial charge in [0.1, 0.15) is 21.0 Å². The smallest absolute Gasteiger partial charge is 0.240 e. The summed E-state index contributed by atoms with van der Waals surface area (Å²) in [5, 5.41) is 0.407. The van der Waals surface area contributed by atoms with Gasteiger partial charge in [0.25, 0.3) is 0 Å². The molecule has 30 heavy (non-hydrogen) atoms. The summed E-state index contributed by atoms with van der Waals surface area (Å²) in [5.41, 5.74) is 0.917. The van der Waals surface area contributed by atoms with Crippen molar-refractivity contribution in [1.82, 2.24) is 4.72 Å². The molecule has 3 aromatic rings. The first kappa shape index (κ1) is 22.4. The minimum atomic E-state index is -3.99. The SMILES string of the molecule is COc1ccc(S(=O)(=O)NCC(c2ccc(F)cc2)S(=O)(=O)c2cccs2)cc1C. The molecule has 1 unspecified atom stereocenters. The van der Waals surface area contributed by atoms with Crippen LogP contribution in [0.5, 0.6) is 5.75 Å². The first-order chi connectivity index (χ1) is 14.1. The monoisotopic (exact) mass is 469 g/mol. The Balaban J connectivity index is 1.94. The van der Waals surface area contributed by atoms with Crippen LogP contribution in [0.3, 0.4) is 0 Å². The van der Waals surface area contributed by atoms with Crippen LogP contribution < -0.4 is 9.46 Å². The Morgan fingerprint density at radius 2 is 1.77 bits per heavy atom. The maximum Gasteiger partial charge on any atom is 0.240 e. The van der Waals surface area contributed by atoms with Gasteiger partial charge in [-0.1, -0.05) is 18.2 Å². The third-order valence-electron chi connectivity index (χ3n) is 4.53. The lowest BCUT2D eigenvalue weighted by molar-refractivity contribution is 0.411. The molecular weight excluding hydrogens is 449 g/mol. The van der Waals surface area contributed by atoms with Crippen LogP contribution in [0, 0.1) is 12.7 Å². The number of sulfonamides is 1. The number of thiophene rings is 1. The Hall–Kier alpha value is -2.27. The van der Waals surface area contributed by atoms with Crippen molar-refractivity contribution >= 4 is 31.2 Å². The topological polar surface area (TPSA) is 89.5 Å². The molecule has 2 aromatic carbocycles. The van der Waals surface area contributed by atoms with E-state index in [1.807, 2.05) is 0 Å². The molecule has 0 fully saturated rings.